The van der Waals surface area contributed by atoms with Crippen LogP contribution in [0.25, 0.3) is 0 Å². The van der Waals surface area contributed by atoms with Crippen molar-refractivity contribution in [2.75, 3.05) is 26.3 Å². The van der Waals surface area contributed by atoms with Gasteiger partial charge in [-0.3, -0.25) is 9.97 Å². The number of hydrogen-bond acceptors (Lipinski definition) is 6. The summed E-state index contributed by atoms with van der Waals surface area (Å²) in [5.41, 5.74) is 1.08. The fraction of sp³-hybridized carbons (Fsp3) is 0.722. The van der Waals surface area contributed by atoms with Crippen LogP contribution in [0.4, 0.5) is 4.79 Å². The Hall–Kier alpha value is -1.67. The Morgan fingerprint density at radius 2 is 2.00 bits per heavy atom. The van der Waals surface area contributed by atoms with E-state index in [9.17, 15) is 4.79 Å². The van der Waals surface area contributed by atoms with Crippen molar-refractivity contribution in [2.45, 2.75) is 52.6 Å². The van der Waals surface area contributed by atoms with Gasteiger partial charge in [0.1, 0.15) is 5.60 Å². The second-order valence-corrected chi connectivity index (χ2v) is 8.90. The molecule has 2 aliphatic rings. The average molecular weight is 361 g/mol. The van der Waals surface area contributed by atoms with Gasteiger partial charge in [0.05, 0.1) is 11.3 Å². The molecule has 1 atom stereocenters. The predicted octanol–water partition coefficient (Wildman–Crippen LogP) is 1.97. The van der Waals surface area contributed by atoms with Crippen LogP contribution in [0.5, 0.6) is 0 Å². The smallest absolute Gasteiger partial charge is 0.444 e. The second kappa shape index (κ2) is 7.16. The minimum atomic E-state index is -0.488. The van der Waals surface area contributed by atoms with Crippen molar-refractivity contribution in [3.63, 3.8) is 0 Å². The zero-order valence-electron chi connectivity index (χ0n) is 16.3. The highest BCUT2D eigenvalue weighted by Crippen LogP contribution is 2.27. The molecule has 3 rings (SSSR count). The Balaban J connectivity index is 1.63. The van der Waals surface area contributed by atoms with Crippen LogP contribution < -0.4 is 5.59 Å². The first-order valence-electron chi connectivity index (χ1n) is 9.16. The van der Waals surface area contributed by atoms with E-state index in [-0.39, 0.29) is 17.4 Å². The molecule has 0 saturated carbocycles. The topological polar surface area (TPSA) is 73.8 Å². The molecular weight excluding hydrogens is 333 g/mol. The molecule has 7 nitrogen and oxygen atoms in total. The van der Waals surface area contributed by atoms with E-state index in [1.807, 2.05) is 20.8 Å². The molecule has 142 valence electrons. The minimum absolute atomic E-state index is 0.0148. The quantitative estimate of drug-likeness (QED) is 0.750. The van der Waals surface area contributed by atoms with Crippen LogP contribution in [-0.2, 0) is 14.0 Å². The normalized spacial score (nSPS) is 23.2. The SMILES string of the molecule is CC1(C)COB(c2cncc(C3CCN(C(=O)OC(C)(C)C)C3)n2)OC1. The van der Waals surface area contributed by atoms with Crippen LogP contribution in [0.3, 0.4) is 0 Å². The van der Waals surface area contributed by atoms with E-state index in [1.54, 1.807) is 17.3 Å². The molecule has 0 aliphatic carbocycles. The summed E-state index contributed by atoms with van der Waals surface area (Å²) in [4.78, 5) is 23.0. The molecule has 1 unspecified atom stereocenters. The number of rotatable bonds is 2. The number of carbonyl (C=O) groups is 1. The van der Waals surface area contributed by atoms with Crippen LogP contribution >= 0.6 is 0 Å². The van der Waals surface area contributed by atoms with Gasteiger partial charge in [-0.1, -0.05) is 13.8 Å². The Labute approximate surface area is 155 Å². The number of nitrogens with zero attached hydrogens (tertiary/aromatic N) is 3. The van der Waals surface area contributed by atoms with Gasteiger partial charge in [0.15, 0.2) is 0 Å². The van der Waals surface area contributed by atoms with Crippen LogP contribution in [-0.4, -0.2) is 60.0 Å². The monoisotopic (exact) mass is 361 g/mol. The molecule has 0 bridgehead atoms. The Morgan fingerprint density at radius 1 is 1.31 bits per heavy atom. The van der Waals surface area contributed by atoms with Crippen LogP contribution in [0.2, 0.25) is 0 Å². The molecule has 0 N–H and O–H groups in total. The maximum Gasteiger partial charge on any atom is 0.515 e. The van der Waals surface area contributed by atoms with Crippen molar-refractivity contribution in [2.24, 2.45) is 5.41 Å². The molecule has 2 fully saturated rings. The van der Waals surface area contributed by atoms with Crippen LogP contribution in [0, 0.1) is 5.41 Å². The van der Waals surface area contributed by atoms with Gasteiger partial charge in [-0.2, -0.15) is 0 Å². The number of ether oxygens (including phenoxy) is 1. The van der Waals surface area contributed by atoms with Gasteiger partial charge < -0.3 is 18.9 Å². The summed E-state index contributed by atoms with van der Waals surface area (Å²) in [7, 11) is -0.473. The first kappa shape index (κ1) is 19.1. The van der Waals surface area contributed by atoms with E-state index in [0.29, 0.717) is 31.9 Å². The summed E-state index contributed by atoms with van der Waals surface area (Å²) in [5.74, 6) is 0.148. The van der Waals surface area contributed by atoms with Gasteiger partial charge in [0.2, 0.25) is 0 Å². The lowest BCUT2D eigenvalue weighted by Crippen LogP contribution is -2.48. The summed E-state index contributed by atoms with van der Waals surface area (Å²) < 4.78 is 17.1. The summed E-state index contributed by atoms with van der Waals surface area (Å²) in [6.07, 6.45) is 4.02. The standard InChI is InChI=1S/C18H28BN3O4/c1-17(2,3)26-16(23)22-7-6-13(10-22)14-8-20-9-15(21-14)19-24-11-18(4,5)12-25-19/h8-9,13H,6-7,10-12H2,1-5H3. The van der Waals surface area contributed by atoms with E-state index < -0.39 is 12.7 Å². The molecule has 26 heavy (non-hydrogen) atoms. The lowest BCUT2D eigenvalue weighted by molar-refractivity contribution is 0.0292. The predicted molar refractivity (Wildman–Crippen MR) is 98.3 cm³/mol. The maximum absolute atomic E-state index is 12.2. The Bertz CT molecular complexity index is 652. The Morgan fingerprint density at radius 3 is 2.65 bits per heavy atom. The van der Waals surface area contributed by atoms with Crippen molar-refractivity contribution < 1.29 is 18.8 Å². The Kier molecular flexibility index (Phi) is 5.26. The molecule has 8 heteroatoms. The largest absolute Gasteiger partial charge is 0.515 e. The third-order valence-electron chi connectivity index (χ3n) is 4.42. The second-order valence-electron chi connectivity index (χ2n) is 8.90. The maximum atomic E-state index is 12.2. The molecule has 0 radical (unpaired) electrons. The first-order chi connectivity index (χ1) is 12.1. The molecule has 2 aliphatic heterocycles. The zero-order chi connectivity index (χ0) is 18.9. The van der Waals surface area contributed by atoms with Gasteiger partial charge in [-0.05, 0) is 27.2 Å². The van der Waals surface area contributed by atoms with E-state index in [4.69, 9.17) is 19.0 Å². The van der Waals surface area contributed by atoms with E-state index in [2.05, 4.69) is 18.8 Å². The molecule has 2 saturated heterocycles. The van der Waals surface area contributed by atoms with Crippen molar-refractivity contribution in [1.29, 1.82) is 0 Å². The number of likely N-dealkylation sites (tertiary alicyclic amines) is 1. The molecule has 3 heterocycles. The summed E-state index contributed by atoms with van der Waals surface area (Å²) in [6, 6.07) is 0. The van der Waals surface area contributed by atoms with Gasteiger partial charge in [-0.15, -0.1) is 0 Å². The van der Waals surface area contributed by atoms with Crippen LogP contribution in [0.15, 0.2) is 12.4 Å². The van der Waals surface area contributed by atoms with Gasteiger partial charge in [-0.25, -0.2) is 4.79 Å². The van der Waals surface area contributed by atoms with E-state index in [1.165, 1.54) is 0 Å². The fourth-order valence-electron chi connectivity index (χ4n) is 3.06. The van der Waals surface area contributed by atoms with E-state index in [0.717, 1.165) is 12.1 Å². The fourth-order valence-corrected chi connectivity index (χ4v) is 3.06. The molecular formula is C18H28BN3O4. The molecule has 1 aromatic rings. The summed E-state index contributed by atoms with van der Waals surface area (Å²) in [5, 5.41) is 0. The molecule has 1 amide bonds. The number of hydrogen-bond donors (Lipinski definition) is 0. The average Bonchev–Trinajstić information content (AvgIpc) is 3.03. The van der Waals surface area contributed by atoms with Crippen molar-refractivity contribution >= 4 is 18.8 Å². The number of aromatic nitrogens is 2. The first-order valence-corrected chi connectivity index (χ1v) is 9.16. The highest BCUT2D eigenvalue weighted by molar-refractivity contribution is 6.60. The number of carbonyl (C=O) groups excluding carboxylic acids is 1. The van der Waals surface area contributed by atoms with Crippen molar-refractivity contribution in [1.82, 2.24) is 14.9 Å². The minimum Gasteiger partial charge on any atom is -0.444 e. The summed E-state index contributed by atoms with van der Waals surface area (Å²) >= 11 is 0. The molecule has 0 aromatic carbocycles. The zero-order valence-corrected chi connectivity index (χ0v) is 16.3. The summed E-state index contributed by atoms with van der Waals surface area (Å²) in [6.45, 7) is 12.3. The lowest BCUT2D eigenvalue weighted by Gasteiger charge is -2.32. The molecule has 1 aromatic heterocycles. The third kappa shape index (κ3) is 4.74. The van der Waals surface area contributed by atoms with E-state index >= 15 is 0 Å². The van der Waals surface area contributed by atoms with Crippen molar-refractivity contribution in [3.8, 4) is 0 Å². The number of amides is 1. The van der Waals surface area contributed by atoms with Gasteiger partial charge >= 0.3 is 13.2 Å². The lowest BCUT2D eigenvalue weighted by atomic mass is 9.80. The highest BCUT2D eigenvalue weighted by Gasteiger charge is 2.36. The third-order valence-corrected chi connectivity index (χ3v) is 4.42. The molecule has 0 spiro atoms. The highest BCUT2D eigenvalue weighted by atomic mass is 16.6. The van der Waals surface area contributed by atoms with Crippen molar-refractivity contribution in [3.05, 3.63) is 18.1 Å². The van der Waals surface area contributed by atoms with Gasteiger partial charge in [0, 0.05) is 50.0 Å². The van der Waals surface area contributed by atoms with Crippen LogP contribution in [0.1, 0.15) is 52.7 Å². The van der Waals surface area contributed by atoms with Gasteiger partial charge in [0.25, 0.3) is 0 Å².